The maximum Gasteiger partial charge on any atom is 0.221 e. The number of hydrogen-bond acceptors (Lipinski definition) is 4. The van der Waals surface area contributed by atoms with Crippen molar-refractivity contribution >= 4 is 11.6 Å². The molecular formula is C25H35N3O2. The summed E-state index contributed by atoms with van der Waals surface area (Å²) in [5.74, 6) is 1.61. The van der Waals surface area contributed by atoms with Crippen LogP contribution in [0.2, 0.25) is 0 Å². The van der Waals surface area contributed by atoms with Gasteiger partial charge in [0, 0.05) is 38.8 Å². The van der Waals surface area contributed by atoms with E-state index < -0.39 is 0 Å². The van der Waals surface area contributed by atoms with E-state index in [9.17, 15) is 4.79 Å². The van der Waals surface area contributed by atoms with Crippen molar-refractivity contribution in [3.8, 4) is 5.75 Å². The third-order valence-corrected chi connectivity index (χ3v) is 5.78. The van der Waals surface area contributed by atoms with Crippen LogP contribution in [0.1, 0.15) is 30.9 Å². The molecular weight excluding hydrogens is 374 g/mol. The molecule has 1 fully saturated rings. The molecule has 1 aliphatic heterocycles. The fourth-order valence-electron chi connectivity index (χ4n) is 4.30. The average Bonchev–Trinajstić information content (AvgIpc) is 2.74. The zero-order valence-corrected chi connectivity index (χ0v) is 18.6. The fraction of sp³-hybridized carbons (Fsp3) is 0.480. The molecule has 0 unspecified atom stereocenters. The van der Waals surface area contributed by atoms with E-state index in [0.29, 0.717) is 0 Å². The first-order valence-electron chi connectivity index (χ1n) is 10.9. The van der Waals surface area contributed by atoms with Gasteiger partial charge in [0.15, 0.2) is 0 Å². The number of nitrogens with one attached hydrogen (secondary N) is 1. The number of ether oxygens (including phenoxy) is 1. The molecule has 1 N–H and O–H groups in total. The standard InChI is InChI=1S/C25H35N3O2/c1-20(29)26-24-10-6-22(7-11-24)17-27(2)18-23-5-4-15-28(19-23)16-14-21-8-12-25(30-3)13-9-21/h6-13,23H,4-5,14-19H2,1-3H3,(H,26,29)/t23-/m1/s1. The number of benzene rings is 2. The van der Waals surface area contributed by atoms with Gasteiger partial charge in [0.1, 0.15) is 5.75 Å². The number of methoxy groups -OCH3 is 1. The number of hydrogen-bond donors (Lipinski definition) is 1. The van der Waals surface area contributed by atoms with E-state index in [2.05, 4.69) is 46.4 Å². The second kappa shape index (κ2) is 11.1. The minimum absolute atomic E-state index is 0.0336. The predicted octanol–water partition coefficient (Wildman–Crippen LogP) is 4.04. The Kier molecular flexibility index (Phi) is 8.29. The van der Waals surface area contributed by atoms with E-state index in [1.807, 2.05) is 24.3 Å². The molecule has 5 nitrogen and oxygen atoms in total. The summed E-state index contributed by atoms with van der Waals surface area (Å²) < 4.78 is 5.25. The number of carbonyl (C=O) groups is 1. The van der Waals surface area contributed by atoms with E-state index in [1.165, 1.54) is 44.0 Å². The molecule has 1 amide bonds. The number of piperidine rings is 1. The van der Waals surface area contributed by atoms with Gasteiger partial charge in [-0.25, -0.2) is 0 Å². The minimum atomic E-state index is -0.0336. The number of likely N-dealkylation sites (tertiary alicyclic amines) is 1. The Bertz CT molecular complexity index is 789. The van der Waals surface area contributed by atoms with Crippen LogP contribution in [-0.2, 0) is 17.8 Å². The second-order valence-corrected chi connectivity index (χ2v) is 8.48. The summed E-state index contributed by atoms with van der Waals surface area (Å²) in [5, 5.41) is 2.82. The van der Waals surface area contributed by atoms with Crippen molar-refractivity contribution in [2.24, 2.45) is 5.92 Å². The highest BCUT2D eigenvalue weighted by atomic mass is 16.5. The molecule has 0 radical (unpaired) electrons. The van der Waals surface area contributed by atoms with Crippen molar-refractivity contribution in [1.82, 2.24) is 9.80 Å². The van der Waals surface area contributed by atoms with Crippen molar-refractivity contribution in [2.45, 2.75) is 32.7 Å². The Morgan fingerprint density at radius 2 is 1.83 bits per heavy atom. The molecule has 2 aromatic rings. The first-order chi connectivity index (χ1) is 14.5. The lowest BCUT2D eigenvalue weighted by atomic mass is 9.97. The summed E-state index contributed by atoms with van der Waals surface area (Å²) in [6, 6.07) is 16.6. The zero-order valence-electron chi connectivity index (χ0n) is 18.6. The highest BCUT2D eigenvalue weighted by Crippen LogP contribution is 2.20. The van der Waals surface area contributed by atoms with E-state index in [0.717, 1.165) is 43.4 Å². The lowest BCUT2D eigenvalue weighted by molar-refractivity contribution is -0.114. The van der Waals surface area contributed by atoms with Gasteiger partial charge in [-0.15, -0.1) is 0 Å². The highest BCUT2D eigenvalue weighted by Gasteiger charge is 2.21. The van der Waals surface area contributed by atoms with Gasteiger partial charge in [0.25, 0.3) is 0 Å². The maximum atomic E-state index is 11.1. The van der Waals surface area contributed by atoms with Crippen LogP contribution in [0.4, 0.5) is 5.69 Å². The average molecular weight is 410 g/mol. The van der Waals surface area contributed by atoms with Gasteiger partial charge >= 0.3 is 0 Å². The number of nitrogens with zero attached hydrogens (tertiary/aromatic N) is 2. The first-order valence-corrected chi connectivity index (χ1v) is 10.9. The Labute approximate surface area is 181 Å². The molecule has 0 saturated carbocycles. The zero-order chi connectivity index (χ0) is 21.3. The third kappa shape index (κ3) is 7.15. The smallest absolute Gasteiger partial charge is 0.221 e. The van der Waals surface area contributed by atoms with Crippen LogP contribution in [0, 0.1) is 5.92 Å². The van der Waals surface area contributed by atoms with Crippen molar-refractivity contribution in [2.75, 3.05) is 45.7 Å². The second-order valence-electron chi connectivity index (χ2n) is 8.48. The van der Waals surface area contributed by atoms with Crippen LogP contribution in [0.15, 0.2) is 48.5 Å². The quantitative estimate of drug-likeness (QED) is 0.679. The van der Waals surface area contributed by atoms with Gasteiger partial charge in [-0.05, 0) is 74.2 Å². The van der Waals surface area contributed by atoms with E-state index in [-0.39, 0.29) is 5.91 Å². The van der Waals surface area contributed by atoms with Crippen LogP contribution in [0.25, 0.3) is 0 Å². The van der Waals surface area contributed by atoms with Crippen molar-refractivity contribution in [3.63, 3.8) is 0 Å². The van der Waals surface area contributed by atoms with E-state index >= 15 is 0 Å². The van der Waals surface area contributed by atoms with Gasteiger partial charge < -0.3 is 19.9 Å². The number of amides is 1. The summed E-state index contributed by atoms with van der Waals surface area (Å²) >= 11 is 0. The number of carbonyl (C=O) groups excluding carboxylic acids is 1. The summed E-state index contributed by atoms with van der Waals surface area (Å²) in [6.07, 6.45) is 3.69. The molecule has 1 atom stereocenters. The lowest BCUT2D eigenvalue weighted by Crippen LogP contribution is -2.40. The Morgan fingerprint density at radius 1 is 1.13 bits per heavy atom. The monoisotopic (exact) mass is 409 g/mol. The fourth-order valence-corrected chi connectivity index (χ4v) is 4.30. The normalized spacial score (nSPS) is 17.1. The Morgan fingerprint density at radius 3 is 2.50 bits per heavy atom. The van der Waals surface area contributed by atoms with Crippen molar-refractivity contribution in [3.05, 3.63) is 59.7 Å². The third-order valence-electron chi connectivity index (χ3n) is 5.78. The molecule has 0 aliphatic carbocycles. The Hall–Kier alpha value is -2.37. The Balaban J connectivity index is 1.42. The number of rotatable bonds is 9. The molecule has 1 aliphatic rings. The molecule has 1 heterocycles. The highest BCUT2D eigenvalue weighted by molar-refractivity contribution is 5.88. The summed E-state index contributed by atoms with van der Waals surface area (Å²) in [4.78, 5) is 16.2. The molecule has 2 aromatic carbocycles. The molecule has 0 spiro atoms. The molecule has 1 saturated heterocycles. The molecule has 0 bridgehead atoms. The van der Waals surface area contributed by atoms with Crippen molar-refractivity contribution < 1.29 is 9.53 Å². The van der Waals surface area contributed by atoms with Gasteiger partial charge in [-0.1, -0.05) is 24.3 Å². The van der Waals surface area contributed by atoms with Crippen LogP contribution >= 0.6 is 0 Å². The molecule has 5 heteroatoms. The van der Waals surface area contributed by atoms with Gasteiger partial charge in [-0.2, -0.15) is 0 Å². The van der Waals surface area contributed by atoms with E-state index in [1.54, 1.807) is 7.11 Å². The van der Waals surface area contributed by atoms with Gasteiger partial charge in [0.05, 0.1) is 7.11 Å². The van der Waals surface area contributed by atoms with E-state index in [4.69, 9.17) is 4.74 Å². The SMILES string of the molecule is COc1ccc(CCN2CCC[C@H](CN(C)Cc3ccc(NC(C)=O)cc3)C2)cc1. The number of anilines is 1. The lowest BCUT2D eigenvalue weighted by Gasteiger charge is -2.34. The summed E-state index contributed by atoms with van der Waals surface area (Å²) in [7, 11) is 3.92. The van der Waals surface area contributed by atoms with Crippen LogP contribution < -0.4 is 10.1 Å². The topological polar surface area (TPSA) is 44.8 Å². The van der Waals surface area contributed by atoms with Crippen LogP contribution in [0.3, 0.4) is 0 Å². The first kappa shape index (κ1) is 22.3. The minimum Gasteiger partial charge on any atom is -0.497 e. The maximum absolute atomic E-state index is 11.1. The molecule has 3 rings (SSSR count). The largest absolute Gasteiger partial charge is 0.497 e. The summed E-state index contributed by atoms with van der Waals surface area (Å²) in [5.41, 5.74) is 3.50. The molecule has 0 aromatic heterocycles. The summed E-state index contributed by atoms with van der Waals surface area (Å²) in [6.45, 7) is 7.10. The van der Waals surface area contributed by atoms with Crippen molar-refractivity contribution in [1.29, 1.82) is 0 Å². The predicted molar refractivity (Wildman–Crippen MR) is 123 cm³/mol. The van der Waals surface area contributed by atoms with Gasteiger partial charge in [0.2, 0.25) is 5.91 Å². The molecule has 162 valence electrons. The molecule has 30 heavy (non-hydrogen) atoms. The van der Waals surface area contributed by atoms with Crippen LogP contribution in [-0.4, -0.2) is 56.0 Å². The van der Waals surface area contributed by atoms with Gasteiger partial charge in [-0.3, -0.25) is 4.79 Å². The van der Waals surface area contributed by atoms with Crippen LogP contribution in [0.5, 0.6) is 5.75 Å².